The van der Waals surface area contributed by atoms with E-state index in [1.807, 2.05) is 0 Å². The third-order valence-electron chi connectivity index (χ3n) is 4.09. The minimum Gasteiger partial charge on any atom is -0.493 e. The molecular weight excluding hydrogens is 381 g/mol. The van der Waals surface area contributed by atoms with Crippen molar-refractivity contribution in [2.24, 2.45) is 0 Å². The molecule has 136 valence electrons. The molecule has 3 rings (SSSR count). The zero-order chi connectivity index (χ0) is 19.0. The number of fused-ring (bicyclic) bond motifs is 1. The topological polar surface area (TPSA) is 65.1 Å². The fourth-order valence-corrected chi connectivity index (χ4v) is 3.21. The van der Waals surface area contributed by atoms with Crippen molar-refractivity contribution >= 4 is 40.6 Å². The molecule has 1 heterocycles. The number of benzene rings is 2. The normalized spacial score (nSPS) is 13.0. The average molecular weight is 396 g/mol. The van der Waals surface area contributed by atoms with E-state index in [-0.39, 0.29) is 23.6 Å². The molecule has 2 aromatic carbocycles. The van der Waals surface area contributed by atoms with Gasteiger partial charge in [0.15, 0.2) is 11.5 Å². The first-order valence-electron chi connectivity index (χ1n) is 7.56. The minimum absolute atomic E-state index is 0.146. The molecule has 0 fully saturated rings. The molecule has 0 saturated heterocycles. The monoisotopic (exact) mass is 395 g/mol. The van der Waals surface area contributed by atoms with Crippen LogP contribution < -0.4 is 19.1 Å². The molecule has 8 heteroatoms. The number of halogens is 2. The summed E-state index contributed by atoms with van der Waals surface area (Å²) in [6.07, 6.45) is 0. The molecule has 26 heavy (non-hydrogen) atoms. The van der Waals surface area contributed by atoms with Gasteiger partial charge in [0.25, 0.3) is 11.7 Å². The van der Waals surface area contributed by atoms with E-state index in [0.29, 0.717) is 21.5 Å². The van der Waals surface area contributed by atoms with Crippen LogP contribution in [0.3, 0.4) is 0 Å². The molecule has 0 unspecified atom stereocenters. The van der Waals surface area contributed by atoms with Gasteiger partial charge >= 0.3 is 0 Å². The van der Waals surface area contributed by atoms with Gasteiger partial charge < -0.3 is 19.1 Å². The van der Waals surface area contributed by atoms with Crippen molar-refractivity contribution in [3.8, 4) is 17.2 Å². The second kappa shape index (κ2) is 7.05. The highest BCUT2D eigenvalue weighted by Crippen LogP contribution is 2.48. The molecule has 0 spiro atoms. The Morgan fingerprint density at radius 1 is 0.923 bits per heavy atom. The Hall–Kier alpha value is -2.44. The Morgan fingerprint density at radius 3 is 2.19 bits per heavy atom. The number of carbonyl (C=O) groups is 2. The number of hydrogen-bond donors (Lipinski definition) is 0. The zero-order valence-corrected chi connectivity index (χ0v) is 15.8. The van der Waals surface area contributed by atoms with Gasteiger partial charge in [-0.15, -0.1) is 0 Å². The van der Waals surface area contributed by atoms with E-state index < -0.39 is 11.7 Å². The van der Waals surface area contributed by atoms with Crippen LogP contribution in [0.15, 0.2) is 24.3 Å². The van der Waals surface area contributed by atoms with Gasteiger partial charge in [-0.25, -0.2) is 0 Å². The number of amides is 1. The number of nitrogens with zero attached hydrogens (tertiary/aromatic N) is 1. The van der Waals surface area contributed by atoms with E-state index in [1.54, 1.807) is 24.3 Å². The van der Waals surface area contributed by atoms with Gasteiger partial charge in [0, 0.05) is 6.07 Å². The van der Waals surface area contributed by atoms with Crippen LogP contribution in [0.2, 0.25) is 10.0 Å². The van der Waals surface area contributed by atoms with E-state index in [9.17, 15) is 9.59 Å². The Kier molecular flexibility index (Phi) is 4.98. The summed E-state index contributed by atoms with van der Waals surface area (Å²) in [5.41, 5.74) is 1.26. The van der Waals surface area contributed by atoms with Crippen molar-refractivity contribution in [3.63, 3.8) is 0 Å². The summed E-state index contributed by atoms with van der Waals surface area (Å²) in [6.45, 7) is 0.146. The van der Waals surface area contributed by atoms with Crippen molar-refractivity contribution < 1.29 is 23.8 Å². The van der Waals surface area contributed by atoms with Crippen molar-refractivity contribution in [1.29, 1.82) is 0 Å². The maximum Gasteiger partial charge on any atom is 0.299 e. The molecule has 1 aliphatic rings. The van der Waals surface area contributed by atoms with Gasteiger partial charge in [-0.2, -0.15) is 0 Å². The van der Waals surface area contributed by atoms with Gasteiger partial charge in [-0.05, 0) is 17.7 Å². The number of Topliss-reactive ketones (excluding diaryl/α,β-unsaturated/α-hetero) is 1. The molecule has 0 bridgehead atoms. The average Bonchev–Trinajstić information content (AvgIpc) is 2.87. The Morgan fingerprint density at radius 2 is 1.62 bits per heavy atom. The highest BCUT2D eigenvalue weighted by molar-refractivity contribution is 6.53. The first kappa shape index (κ1) is 18.4. The van der Waals surface area contributed by atoms with E-state index >= 15 is 0 Å². The maximum absolute atomic E-state index is 12.6. The van der Waals surface area contributed by atoms with Crippen LogP contribution in [0.25, 0.3) is 0 Å². The number of methoxy groups -OCH3 is 3. The third-order valence-corrected chi connectivity index (χ3v) is 4.83. The van der Waals surface area contributed by atoms with E-state index in [0.717, 1.165) is 5.56 Å². The predicted octanol–water partition coefficient (Wildman–Crippen LogP) is 3.75. The van der Waals surface area contributed by atoms with Gasteiger partial charge in [0.05, 0.1) is 49.2 Å². The number of anilines is 1. The SMILES string of the molecule is COc1cc2c(c(OC)c1OC)C(=O)C(=O)N2Cc1ccc(Cl)c(Cl)c1. The molecular formula is C18H15Cl2NO5. The lowest BCUT2D eigenvalue weighted by molar-refractivity contribution is -0.114. The maximum atomic E-state index is 12.6. The minimum atomic E-state index is -0.669. The van der Waals surface area contributed by atoms with Gasteiger partial charge in [0.2, 0.25) is 5.75 Å². The zero-order valence-electron chi connectivity index (χ0n) is 14.3. The van der Waals surface area contributed by atoms with Crippen LogP contribution in [0.4, 0.5) is 5.69 Å². The molecule has 2 aromatic rings. The molecule has 0 radical (unpaired) electrons. The first-order valence-corrected chi connectivity index (χ1v) is 8.31. The summed E-state index contributed by atoms with van der Waals surface area (Å²) in [5.74, 6) is -0.564. The van der Waals surface area contributed by atoms with Crippen LogP contribution >= 0.6 is 23.2 Å². The van der Waals surface area contributed by atoms with Crippen LogP contribution in [0.1, 0.15) is 15.9 Å². The summed E-state index contributed by atoms with van der Waals surface area (Å²) < 4.78 is 15.9. The Balaban J connectivity index is 2.12. The second-order valence-corrected chi connectivity index (χ2v) is 6.32. The summed E-state index contributed by atoms with van der Waals surface area (Å²) >= 11 is 12.0. The third kappa shape index (κ3) is 2.85. The number of rotatable bonds is 5. The molecule has 6 nitrogen and oxygen atoms in total. The van der Waals surface area contributed by atoms with Crippen molar-refractivity contribution in [2.45, 2.75) is 6.54 Å². The number of hydrogen-bond acceptors (Lipinski definition) is 5. The Bertz CT molecular complexity index is 913. The van der Waals surface area contributed by atoms with Crippen molar-refractivity contribution in [1.82, 2.24) is 0 Å². The van der Waals surface area contributed by atoms with Crippen molar-refractivity contribution in [2.75, 3.05) is 26.2 Å². The Labute approximate surface area is 160 Å². The summed E-state index contributed by atoms with van der Waals surface area (Å²) in [7, 11) is 4.30. The summed E-state index contributed by atoms with van der Waals surface area (Å²) in [4.78, 5) is 26.5. The number of ketones is 1. The van der Waals surface area contributed by atoms with Crippen molar-refractivity contribution in [3.05, 3.63) is 45.4 Å². The first-order chi connectivity index (χ1) is 12.4. The van der Waals surface area contributed by atoms with Gasteiger partial charge in [-0.3, -0.25) is 9.59 Å². The summed E-state index contributed by atoms with van der Waals surface area (Å²) in [6, 6.07) is 6.61. The molecule has 1 aliphatic heterocycles. The van der Waals surface area contributed by atoms with Crippen LogP contribution in [-0.2, 0) is 11.3 Å². The predicted molar refractivity (Wildman–Crippen MR) is 98.1 cm³/mol. The molecule has 0 saturated carbocycles. The lowest BCUT2D eigenvalue weighted by atomic mass is 10.1. The molecule has 0 aliphatic carbocycles. The van der Waals surface area contributed by atoms with Gasteiger partial charge in [-0.1, -0.05) is 29.3 Å². The highest BCUT2D eigenvalue weighted by Gasteiger charge is 2.41. The summed E-state index contributed by atoms with van der Waals surface area (Å²) in [5, 5.41) is 0.778. The quantitative estimate of drug-likeness (QED) is 0.721. The number of carbonyl (C=O) groups excluding carboxylic acids is 2. The smallest absolute Gasteiger partial charge is 0.299 e. The molecule has 1 amide bonds. The van der Waals surface area contributed by atoms with Gasteiger partial charge in [0.1, 0.15) is 0 Å². The van der Waals surface area contributed by atoms with Crippen LogP contribution in [-0.4, -0.2) is 33.0 Å². The van der Waals surface area contributed by atoms with Crippen LogP contribution in [0.5, 0.6) is 17.2 Å². The molecule has 0 N–H and O–H groups in total. The largest absolute Gasteiger partial charge is 0.493 e. The van der Waals surface area contributed by atoms with E-state index in [2.05, 4.69) is 0 Å². The standard InChI is InChI=1S/C18H15Cl2NO5/c1-24-13-7-12-14(17(26-3)16(13)25-2)15(22)18(23)21(12)8-9-4-5-10(19)11(20)6-9/h4-7H,8H2,1-3H3. The second-order valence-electron chi connectivity index (χ2n) is 5.51. The van der Waals surface area contributed by atoms with E-state index in [4.69, 9.17) is 37.4 Å². The number of ether oxygens (including phenoxy) is 3. The lowest BCUT2D eigenvalue weighted by Crippen LogP contribution is -2.29. The fourth-order valence-electron chi connectivity index (χ4n) is 2.89. The molecule has 0 atom stereocenters. The van der Waals surface area contributed by atoms with E-state index in [1.165, 1.54) is 26.2 Å². The van der Waals surface area contributed by atoms with Crippen LogP contribution in [0, 0.1) is 0 Å². The fraction of sp³-hybridized carbons (Fsp3) is 0.222. The molecule has 0 aromatic heterocycles. The highest BCUT2D eigenvalue weighted by atomic mass is 35.5. The lowest BCUT2D eigenvalue weighted by Gasteiger charge is -2.20.